The molecule has 0 bridgehead atoms. The molecule has 0 atom stereocenters. The smallest absolute Gasteiger partial charge is 0.0433 e. The number of thiophene rings is 1. The molecule has 4 aromatic carbocycles. The summed E-state index contributed by atoms with van der Waals surface area (Å²) in [6, 6.07) is 32.8. The maximum atomic E-state index is 2.34. The fraction of sp³-hybridized carbons (Fsp3) is 0.0400. The highest BCUT2D eigenvalue weighted by atomic mass is 32.1. The van der Waals surface area contributed by atoms with Gasteiger partial charge in [-0.25, -0.2) is 0 Å². The van der Waals surface area contributed by atoms with Crippen molar-refractivity contribution in [3.05, 3.63) is 96.6 Å². The van der Waals surface area contributed by atoms with E-state index < -0.39 is 0 Å². The standard InChI is InChI=1S/C25H18S/c1-17-14-15-19(16-23(17)18-8-3-2-4-9-18)20-11-7-12-22-21-10-5-6-13-24(21)26-25(20)22/h2-16H,1H3. The predicted octanol–water partition coefficient (Wildman–Crippen LogP) is 7.70. The lowest BCUT2D eigenvalue weighted by atomic mass is 9.94. The van der Waals surface area contributed by atoms with Crippen LogP contribution in [0, 0.1) is 6.92 Å². The summed E-state index contributed by atoms with van der Waals surface area (Å²) in [4.78, 5) is 0. The molecule has 1 heteroatoms. The molecule has 0 aliphatic heterocycles. The van der Waals surface area contributed by atoms with E-state index in [0.29, 0.717) is 0 Å². The molecule has 124 valence electrons. The van der Waals surface area contributed by atoms with E-state index in [-0.39, 0.29) is 0 Å². The molecule has 0 aliphatic rings. The fourth-order valence-electron chi connectivity index (χ4n) is 3.69. The average Bonchev–Trinajstić information content (AvgIpc) is 3.08. The van der Waals surface area contributed by atoms with Crippen molar-refractivity contribution in [3.8, 4) is 22.3 Å². The molecule has 0 saturated heterocycles. The minimum atomic E-state index is 1.27. The van der Waals surface area contributed by atoms with Gasteiger partial charge in [0.05, 0.1) is 0 Å². The second-order valence-electron chi connectivity index (χ2n) is 6.68. The first kappa shape index (κ1) is 15.4. The average molecular weight is 350 g/mol. The van der Waals surface area contributed by atoms with Crippen molar-refractivity contribution < 1.29 is 0 Å². The summed E-state index contributed by atoms with van der Waals surface area (Å²) in [5.41, 5.74) is 6.49. The second kappa shape index (κ2) is 6.12. The Labute approximate surface area is 157 Å². The van der Waals surface area contributed by atoms with Gasteiger partial charge in [0.2, 0.25) is 0 Å². The van der Waals surface area contributed by atoms with Gasteiger partial charge in [-0.3, -0.25) is 0 Å². The van der Waals surface area contributed by atoms with Crippen LogP contribution >= 0.6 is 11.3 Å². The molecule has 0 unspecified atom stereocenters. The van der Waals surface area contributed by atoms with Crippen LogP contribution in [0.1, 0.15) is 5.56 Å². The monoisotopic (exact) mass is 350 g/mol. The first-order valence-corrected chi connectivity index (χ1v) is 9.69. The largest absolute Gasteiger partial charge is 0.135 e. The van der Waals surface area contributed by atoms with E-state index in [1.807, 2.05) is 11.3 Å². The maximum Gasteiger partial charge on any atom is 0.0433 e. The van der Waals surface area contributed by atoms with Crippen LogP contribution in [0.3, 0.4) is 0 Å². The molecule has 0 spiro atoms. The van der Waals surface area contributed by atoms with Crippen molar-refractivity contribution in [1.82, 2.24) is 0 Å². The van der Waals surface area contributed by atoms with Crippen LogP contribution in [-0.4, -0.2) is 0 Å². The van der Waals surface area contributed by atoms with E-state index in [1.165, 1.54) is 48.0 Å². The van der Waals surface area contributed by atoms with Gasteiger partial charge in [0.25, 0.3) is 0 Å². The van der Waals surface area contributed by atoms with E-state index in [4.69, 9.17) is 0 Å². The van der Waals surface area contributed by atoms with Crippen molar-refractivity contribution in [2.45, 2.75) is 6.92 Å². The molecule has 5 rings (SSSR count). The molecule has 0 fully saturated rings. The van der Waals surface area contributed by atoms with Crippen LogP contribution in [0.2, 0.25) is 0 Å². The first-order valence-electron chi connectivity index (χ1n) is 8.88. The van der Waals surface area contributed by atoms with Crippen molar-refractivity contribution in [1.29, 1.82) is 0 Å². The number of fused-ring (bicyclic) bond motifs is 3. The normalized spacial score (nSPS) is 11.3. The summed E-state index contributed by atoms with van der Waals surface area (Å²) >= 11 is 1.89. The lowest BCUT2D eigenvalue weighted by molar-refractivity contribution is 1.46. The summed E-state index contributed by atoms with van der Waals surface area (Å²) < 4.78 is 2.72. The van der Waals surface area contributed by atoms with Crippen LogP contribution in [0.4, 0.5) is 0 Å². The summed E-state index contributed by atoms with van der Waals surface area (Å²) in [6.45, 7) is 2.19. The Morgan fingerprint density at radius 2 is 1.35 bits per heavy atom. The number of benzene rings is 4. The Morgan fingerprint density at radius 3 is 2.23 bits per heavy atom. The van der Waals surface area contributed by atoms with E-state index in [1.54, 1.807) is 0 Å². The quantitative estimate of drug-likeness (QED) is 0.306. The Bertz CT molecular complexity index is 1230. The van der Waals surface area contributed by atoms with Crippen LogP contribution in [0.5, 0.6) is 0 Å². The molecule has 0 saturated carbocycles. The molecule has 0 amide bonds. The predicted molar refractivity (Wildman–Crippen MR) is 115 cm³/mol. The van der Waals surface area contributed by atoms with Crippen molar-refractivity contribution in [2.75, 3.05) is 0 Å². The second-order valence-corrected chi connectivity index (χ2v) is 7.73. The van der Waals surface area contributed by atoms with Gasteiger partial charge >= 0.3 is 0 Å². The van der Waals surface area contributed by atoms with Gasteiger partial charge in [0.1, 0.15) is 0 Å². The molecule has 0 N–H and O–H groups in total. The lowest BCUT2D eigenvalue weighted by Gasteiger charge is -2.10. The zero-order valence-electron chi connectivity index (χ0n) is 14.6. The van der Waals surface area contributed by atoms with Gasteiger partial charge in [-0.2, -0.15) is 0 Å². The van der Waals surface area contributed by atoms with Crippen LogP contribution in [-0.2, 0) is 0 Å². The highest BCUT2D eigenvalue weighted by Crippen LogP contribution is 2.40. The van der Waals surface area contributed by atoms with Gasteiger partial charge in [-0.1, -0.05) is 78.9 Å². The molecule has 26 heavy (non-hydrogen) atoms. The number of hydrogen-bond acceptors (Lipinski definition) is 1. The van der Waals surface area contributed by atoms with E-state index in [0.717, 1.165) is 0 Å². The third-order valence-electron chi connectivity index (χ3n) is 5.04. The van der Waals surface area contributed by atoms with Crippen LogP contribution in [0.25, 0.3) is 42.4 Å². The summed E-state index contributed by atoms with van der Waals surface area (Å²) in [6.07, 6.45) is 0. The Morgan fingerprint density at radius 1 is 0.577 bits per heavy atom. The molecule has 1 aromatic heterocycles. The van der Waals surface area contributed by atoms with Crippen molar-refractivity contribution in [3.63, 3.8) is 0 Å². The summed E-state index contributed by atoms with van der Waals surface area (Å²) in [7, 11) is 0. The molecule has 0 aliphatic carbocycles. The molecule has 5 aromatic rings. The number of hydrogen-bond donors (Lipinski definition) is 0. The summed E-state index contributed by atoms with van der Waals surface area (Å²) in [5.74, 6) is 0. The number of rotatable bonds is 2. The Hall–Kier alpha value is -2.90. The third kappa shape index (κ3) is 2.44. The molecule has 0 radical (unpaired) electrons. The van der Waals surface area contributed by atoms with Gasteiger partial charge in [0.15, 0.2) is 0 Å². The van der Waals surface area contributed by atoms with E-state index >= 15 is 0 Å². The third-order valence-corrected chi connectivity index (χ3v) is 6.26. The van der Waals surface area contributed by atoms with Gasteiger partial charge in [-0.15, -0.1) is 11.3 Å². The zero-order chi connectivity index (χ0) is 17.5. The number of aryl methyl sites for hydroxylation is 1. The molecular weight excluding hydrogens is 332 g/mol. The van der Waals surface area contributed by atoms with E-state index in [9.17, 15) is 0 Å². The van der Waals surface area contributed by atoms with Crippen molar-refractivity contribution in [2.24, 2.45) is 0 Å². The SMILES string of the molecule is Cc1ccc(-c2cccc3c2sc2ccccc23)cc1-c1ccccc1. The highest BCUT2D eigenvalue weighted by molar-refractivity contribution is 7.26. The molecule has 1 heterocycles. The molecular formula is C25H18S. The zero-order valence-corrected chi connectivity index (χ0v) is 15.4. The maximum absolute atomic E-state index is 2.34. The first-order chi connectivity index (χ1) is 12.8. The van der Waals surface area contributed by atoms with Crippen LogP contribution < -0.4 is 0 Å². The van der Waals surface area contributed by atoms with Gasteiger partial charge < -0.3 is 0 Å². The Balaban J connectivity index is 1.76. The topological polar surface area (TPSA) is 0 Å². The minimum Gasteiger partial charge on any atom is -0.135 e. The Kier molecular flexibility index (Phi) is 3.62. The fourth-order valence-corrected chi connectivity index (χ4v) is 4.93. The van der Waals surface area contributed by atoms with Gasteiger partial charge in [0, 0.05) is 20.2 Å². The molecule has 0 nitrogen and oxygen atoms in total. The van der Waals surface area contributed by atoms with Crippen LogP contribution in [0.15, 0.2) is 91.0 Å². The minimum absolute atomic E-state index is 1.27. The summed E-state index contributed by atoms with van der Waals surface area (Å²) in [5, 5.41) is 2.70. The lowest BCUT2D eigenvalue weighted by Crippen LogP contribution is -1.86. The van der Waals surface area contributed by atoms with Gasteiger partial charge in [-0.05, 0) is 46.9 Å². The highest BCUT2D eigenvalue weighted by Gasteiger charge is 2.11. The van der Waals surface area contributed by atoms with Crippen molar-refractivity contribution >= 4 is 31.5 Å². The van der Waals surface area contributed by atoms with E-state index in [2.05, 4.69) is 97.9 Å².